The van der Waals surface area contributed by atoms with E-state index in [1.165, 1.54) is 0 Å². The first-order valence-electron chi connectivity index (χ1n) is 7.63. The van der Waals surface area contributed by atoms with Gasteiger partial charge in [0.2, 0.25) is 12.0 Å². The predicted octanol–water partition coefficient (Wildman–Crippen LogP) is 1.87. The number of hydrogen-bond acceptors (Lipinski definition) is 4. The highest BCUT2D eigenvalue weighted by Gasteiger charge is 2.28. The van der Waals surface area contributed by atoms with Crippen molar-refractivity contribution in [3.05, 3.63) is 34.9 Å². The minimum Gasteiger partial charge on any atom is -0.382 e. The summed E-state index contributed by atoms with van der Waals surface area (Å²) in [6.07, 6.45) is 0.886. The number of benzene rings is 1. The van der Waals surface area contributed by atoms with Crippen molar-refractivity contribution >= 4 is 29.1 Å². The Morgan fingerprint density at radius 3 is 2.70 bits per heavy atom. The quantitative estimate of drug-likeness (QED) is 0.797. The average molecular weight is 338 g/mol. The average Bonchev–Trinajstić information content (AvgIpc) is 3.03. The third-order valence-electron chi connectivity index (χ3n) is 3.36. The van der Waals surface area contributed by atoms with Crippen LogP contribution in [0.4, 0.5) is 0 Å². The highest BCUT2D eigenvalue weighted by Crippen LogP contribution is 2.18. The number of halogens is 1. The van der Waals surface area contributed by atoms with Crippen molar-refractivity contribution in [1.29, 1.82) is 0 Å². The van der Waals surface area contributed by atoms with E-state index in [0.29, 0.717) is 23.7 Å². The molecule has 1 aromatic rings. The smallest absolute Gasteiger partial charge is 0.264 e. The first kappa shape index (κ1) is 17.3. The van der Waals surface area contributed by atoms with Crippen LogP contribution in [0, 0.1) is 0 Å². The monoisotopic (exact) mass is 337 g/mol. The van der Waals surface area contributed by atoms with E-state index in [9.17, 15) is 9.59 Å². The molecule has 7 heteroatoms. The Kier molecular flexibility index (Phi) is 6.40. The highest BCUT2D eigenvalue weighted by atomic mass is 35.5. The molecule has 0 aliphatic carbocycles. The molecule has 23 heavy (non-hydrogen) atoms. The van der Waals surface area contributed by atoms with Crippen molar-refractivity contribution in [2.24, 2.45) is 5.16 Å². The zero-order chi connectivity index (χ0) is 16.7. The van der Waals surface area contributed by atoms with Crippen LogP contribution in [0.5, 0.6) is 0 Å². The largest absolute Gasteiger partial charge is 0.382 e. The molecule has 6 nitrogen and oxygen atoms in total. The summed E-state index contributed by atoms with van der Waals surface area (Å²) in [6.45, 7) is 2.92. The van der Waals surface area contributed by atoms with E-state index < -0.39 is 6.10 Å². The Labute approximate surface area is 140 Å². The lowest BCUT2D eigenvalue weighted by Crippen LogP contribution is -2.37. The lowest BCUT2D eigenvalue weighted by molar-refractivity contribution is -0.131. The molecular formula is C16H20ClN3O3. The normalized spacial score (nSPS) is 16.4. The molecule has 0 spiro atoms. The Bertz CT molecular complexity index is 587. The number of oxime groups is 1. The maximum Gasteiger partial charge on any atom is 0.264 e. The van der Waals surface area contributed by atoms with E-state index in [1.54, 1.807) is 12.1 Å². The molecule has 0 bridgehead atoms. The highest BCUT2D eigenvalue weighted by molar-refractivity contribution is 6.30. The summed E-state index contributed by atoms with van der Waals surface area (Å²) in [5, 5.41) is 10.0. The fourth-order valence-corrected chi connectivity index (χ4v) is 2.22. The molecule has 0 radical (unpaired) electrons. The second kappa shape index (κ2) is 8.53. The number of nitrogens with zero attached hydrogens (tertiary/aromatic N) is 1. The van der Waals surface area contributed by atoms with Crippen molar-refractivity contribution in [2.75, 3.05) is 13.1 Å². The maximum absolute atomic E-state index is 12.0. The van der Waals surface area contributed by atoms with E-state index in [0.717, 1.165) is 12.0 Å². The predicted molar refractivity (Wildman–Crippen MR) is 88.4 cm³/mol. The molecule has 0 saturated heterocycles. The fourth-order valence-electron chi connectivity index (χ4n) is 2.10. The molecule has 1 aliphatic rings. The van der Waals surface area contributed by atoms with Gasteiger partial charge in [-0.3, -0.25) is 9.59 Å². The van der Waals surface area contributed by atoms with Crippen LogP contribution in [-0.4, -0.2) is 36.7 Å². The van der Waals surface area contributed by atoms with Gasteiger partial charge in [0.25, 0.3) is 5.91 Å². The summed E-state index contributed by atoms with van der Waals surface area (Å²) >= 11 is 5.84. The minimum absolute atomic E-state index is 0.0717. The van der Waals surface area contributed by atoms with Crippen LogP contribution in [0.1, 0.15) is 31.7 Å². The SMILES string of the molecule is CCCNC(=O)CCNC(=O)C1CC(c2ccc(Cl)cc2)=NO1. The molecule has 2 rings (SSSR count). The molecular weight excluding hydrogens is 318 g/mol. The molecule has 0 fully saturated rings. The molecule has 0 saturated carbocycles. The Hall–Kier alpha value is -2.08. The summed E-state index contributed by atoms with van der Waals surface area (Å²) in [5.74, 6) is -0.335. The molecule has 1 aliphatic heterocycles. The number of hydrogen-bond donors (Lipinski definition) is 2. The Morgan fingerprint density at radius 1 is 1.26 bits per heavy atom. The molecule has 1 heterocycles. The lowest BCUT2D eigenvalue weighted by atomic mass is 10.0. The van der Waals surface area contributed by atoms with Crippen LogP contribution in [0.2, 0.25) is 5.02 Å². The zero-order valence-electron chi connectivity index (χ0n) is 13.0. The van der Waals surface area contributed by atoms with Gasteiger partial charge in [-0.15, -0.1) is 0 Å². The van der Waals surface area contributed by atoms with Gasteiger partial charge in [-0.25, -0.2) is 0 Å². The third-order valence-corrected chi connectivity index (χ3v) is 3.61. The maximum atomic E-state index is 12.0. The molecule has 2 N–H and O–H groups in total. The third kappa shape index (κ3) is 5.25. The van der Waals surface area contributed by atoms with E-state index in [1.807, 2.05) is 19.1 Å². The van der Waals surface area contributed by atoms with Gasteiger partial charge >= 0.3 is 0 Å². The van der Waals surface area contributed by atoms with Crippen LogP contribution in [0.3, 0.4) is 0 Å². The summed E-state index contributed by atoms with van der Waals surface area (Å²) in [5.41, 5.74) is 1.59. The molecule has 1 aromatic carbocycles. The number of carbonyl (C=O) groups is 2. The zero-order valence-corrected chi connectivity index (χ0v) is 13.7. The van der Waals surface area contributed by atoms with Crippen molar-refractivity contribution in [3.63, 3.8) is 0 Å². The van der Waals surface area contributed by atoms with Crippen LogP contribution in [-0.2, 0) is 14.4 Å². The molecule has 1 unspecified atom stereocenters. The summed E-state index contributed by atoms with van der Waals surface area (Å²) in [7, 11) is 0. The van der Waals surface area contributed by atoms with Crippen molar-refractivity contribution < 1.29 is 14.4 Å². The Morgan fingerprint density at radius 2 is 2.00 bits per heavy atom. The molecule has 0 aromatic heterocycles. The van der Waals surface area contributed by atoms with E-state index in [2.05, 4.69) is 15.8 Å². The van der Waals surface area contributed by atoms with Crippen molar-refractivity contribution in [3.8, 4) is 0 Å². The number of nitrogens with one attached hydrogen (secondary N) is 2. The standard InChI is InChI=1S/C16H20ClN3O3/c1-2-8-18-15(21)7-9-19-16(22)14-10-13(20-23-14)11-3-5-12(17)6-4-11/h3-6,14H,2,7-10H2,1H3,(H,18,21)(H,19,22). The van der Waals surface area contributed by atoms with Crippen LogP contribution >= 0.6 is 11.6 Å². The van der Waals surface area contributed by atoms with E-state index in [4.69, 9.17) is 16.4 Å². The first-order valence-corrected chi connectivity index (χ1v) is 8.01. The first-order chi connectivity index (χ1) is 11.1. The van der Waals surface area contributed by atoms with Gasteiger partial charge in [-0.1, -0.05) is 35.8 Å². The van der Waals surface area contributed by atoms with Crippen LogP contribution in [0.15, 0.2) is 29.4 Å². The summed E-state index contributed by atoms with van der Waals surface area (Å²) in [4.78, 5) is 28.6. The van der Waals surface area contributed by atoms with Gasteiger partial charge in [0.05, 0.1) is 5.71 Å². The van der Waals surface area contributed by atoms with E-state index in [-0.39, 0.29) is 24.8 Å². The van der Waals surface area contributed by atoms with Crippen LogP contribution < -0.4 is 10.6 Å². The second-order valence-electron chi connectivity index (χ2n) is 5.23. The van der Waals surface area contributed by atoms with Gasteiger partial charge in [0, 0.05) is 31.0 Å². The van der Waals surface area contributed by atoms with Gasteiger partial charge in [-0.2, -0.15) is 0 Å². The van der Waals surface area contributed by atoms with Crippen molar-refractivity contribution in [1.82, 2.24) is 10.6 Å². The number of carbonyl (C=O) groups excluding carboxylic acids is 2. The second-order valence-corrected chi connectivity index (χ2v) is 5.67. The lowest BCUT2D eigenvalue weighted by Gasteiger charge is -2.09. The topological polar surface area (TPSA) is 79.8 Å². The summed E-state index contributed by atoms with van der Waals surface area (Å²) in [6, 6.07) is 7.20. The summed E-state index contributed by atoms with van der Waals surface area (Å²) < 4.78 is 0. The van der Waals surface area contributed by atoms with Gasteiger partial charge in [0.1, 0.15) is 0 Å². The van der Waals surface area contributed by atoms with E-state index >= 15 is 0 Å². The molecule has 1 atom stereocenters. The molecule has 2 amide bonds. The number of amides is 2. The minimum atomic E-state index is -0.653. The van der Waals surface area contributed by atoms with Gasteiger partial charge in [0.15, 0.2) is 0 Å². The van der Waals surface area contributed by atoms with Crippen molar-refractivity contribution in [2.45, 2.75) is 32.3 Å². The Balaban J connectivity index is 1.73. The van der Waals surface area contributed by atoms with Gasteiger partial charge in [-0.05, 0) is 24.1 Å². The number of rotatable bonds is 7. The van der Waals surface area contributed by atoms with Gasteiger partial charge < -0.3 is 15.5 Å². The molecule has 124 valence electrons. The fraction of sp³-hybridized carbons (Fsp3) is 0.438. The van der Waals surface area contributed by atoms with Crippen LogP contribution in [0.25, 0.3) is 0 Å².